The second-order valence-electron chi connectivity index (χ2n) is 4.93. The molecule has 2 N–H and O–H groups in total. The number of carbonyl (C=O) groups is 2. The maximum Gasteiger partial charge on any atom is 2.00 e. The van der Waals surface area contributed by atoms with Crippen molar-refractivity contribution < 1.29 is 51.1 Å². The molecule has 0 aliphatic rings. The van der Waals surface area contributed by atoms with E-state index in [2.05, 4.69) is 9.97 Å². The van der Waals surface area contributed by atoms with Crippen molar-refractivity contribution in [2.45, 2.75) is 39.9 Å². The Hall–Kier alpha value is -2.15. The molecule has 27 heavy (non-hydrogen) atoms. The summed E-state index contributed by atoms with van der Waals surface area (Å²) in [5.41, 5.74) is 2.14. The van der Waals surface area contributed by atoms with Crippen LogP contribution in [0.4, 0.5) is 0 Å². The summed E-state index contributed by atoms with van der Waals surface area (Å²) >= 11 is 0. The second-order valence-corrected chi connectivity index (χ2v) is 4.93. The van der Waals surface area contributed by atoms with Crippen molar-refractivity contribution in [2.75, 3.05) is 0 Å². The van der Waals surface area contributed by atoms with Crippen LogP contribution in [0.25, 0.3) is 0 Å². The zero-order chi connectivity index (χ0) is 20.5. The second kappa shape index (κ2) is 18.6. The minimum Gasteiger partial charge on any atom is -0.547 e. The number of carboxylic acid groups (broad SMARTS) is 2. The first-order valence-corrected chi connectivity index (χ1v) is 7.61. The fourth-order valence-corrected chi connectivity index (χ4v) is 0.896. The van der Waals surface area contributed by atoms with Gasteiger partial charge in [-0.3, -0.25) is 9.97 Å². The Kier molecular flexibility index (Phi) is 20.4. The van der Waals surface area contributed by atoms with Gasteiger partial charge in [0.15, 0.2) is 0 Å². The number of hydrogen-bond acceptors (Lipinski definition) is 8. The van der Waals surface area contributed by atoms with Crippen LogP contribution < -0.4 is 10.2 Å². The summed E-state index contributed by atoms with van der Waals surface area (Å²) in [6.45, 7) is 6.21. The number of aryl methyl sites for hydroxylation is 2. The van der Waals surface area contributed by atoms with E-state index >= 15 is 0 Å². The zero-order valence-electron chi connectivity index (χ0n) is 15.5. The molecule has 0 aromatic carbocycles. The Labute approximate surface area is 173 Å². The third-order valence-electron chi connectivity index (χ3n) is 2.31. The molecule has 2 heterocycles. The third kappa shape index (κ3) is 23.8. The van der Waals surface area contributed by atoms with Gasteiger partial charge >= 0.3 is 21.1 Å². The summed E-state index contributed by atoms with van der Waals surface area (Å²) in [7, 11) is 0. The molecule has 0 saturated carbocycles. The number of aliphatic hydroxyl groups excluding tert-OH is 2. The number of aliphatic hydroxyl groups is 2. The molecule has 2 aromatic heterocycles. The average molecular weight is 559 g/mol. The fraction of sp³-hybridized carbons (Fsp3) is 0.333. The Morgan fingerprint density at radius 1 is 0.815 bits per heavy atom. The van der Waals surface area contributed by atoms with Crippen LogP contribution in [0.3, 0.4) is 0 Å². The standard InChI is InChI=1S/2C6H7N.2C3H6O3.Pt/c2*1-6-4-2-3-5-7-6;2*1-2(4)3(5)6;/h2*2-5H,1H3;2*2,4H,1H3,(H,5,6);/q;;;;+2/p-2. The average Bonchev–Trinajstić information content (AvgIpc) is 2.58. The van der Waals surface area contributed by atoms with Crippen LogP contribution in [0.15, 0.2) is 48.8 Å². The Morgan fingerprint density at radius 2 is 1.07 bits per heavy atom. The van der Waals surface area contributed by atoms with Crippen molar-refractivity contribution in [2.24, 2.45) is 0 Å². The summed E-state index contributed by atoms with van der Waals surface area (Å²) in [6.07, 6.45) is 0.889. The molecular weight excluding hydrogens is 535 g/mol. The number of nitrogens with zero attached hydrogens (tertiary/aromatic N) is 2. The molecule has 9 heteroatoms. The first kappa shape index (κ1) is 29.6. The Bertz CT molecular complexity index is 554. The summed E-state index contributed by atoms with van der Waals surface area (Å²) < 4.78 is 0. The maximum atomic E-state index is 9.34. The number of aromatic nitrogens is 2. The van der Waals surface area contributed by atoms with Gasteiger partial charge in [-0.15, -0.1) is 0 Å². The van der Waals surface area contributed by atoms with Crippen LogP contribution in [0, 0.1) is 13.8 Å². The maximum absolute atomic E-state index is 9.34. The molecule has 0 saturated heterocycles. The molecule has 0 aliphatic carbocycles. The van der Waals surface area contributed by atoms with Gasteiger partial charge in [0.25, 0.3) is 0 Å². The summed E-state index contributed by atoms with van der Waals surface area (Å²) in [4.78, 5) is 26.6. The van der Waals surface area contributed by atoms with Crippen LogP contribution in [-0.2, 0) is 30.7 Å². The van der Waals surface area contributed by atoms with Gasteiger partial charge in [-0.1, -0.05) is 12.1 Å². The summed E-state index contributed by atoms with van der Waals surface area (Å²) in [5.74, 6) is -2.87. The van der Waals surface area contributed by atoms with E-state index in [-0.39, 0.29) is 21.1 Å². The van der Waals surface area contributed by atoms with E-state index in [1.54, 1.807) is 12.4 Å². The molecule has 0 aliphatic heterocycles. The topological polar surface area (TPSA) is 146 Å². The number of carboxylic acids is 2. The first-order valence-electron chi connectivity index (χ1n) is 7.61. The molecule has 0 spiro atoms. The number of rotatable bonds is 2. The van der Waals surface area contributed by atoms with Crippen molar-refractivity contribution in [3.8, 4) is 0 Å². The SMILES string of the molecule is CC(O)C(=O)[O-].CC(O)C(=O)[O-].Cc1ccccn1.Cc1ccccn1.[Pt+2]. The van der Waals surface area contributed by atoms with Crippen molar-refractivity contribution in [3.05, 3.63) is 60.2 Å². The molecule has 0 bridgehead atoms. The van der Waals surface area contributed by atoms with Crippen molar-refractivity contribution >= 4 is 11.9 Å². The first-order chi connectivity index (χ1) is 12.1. The van der Waals surface area contributed by atoms with Crippen LogP contribution in [-0.4, -0.2) is 44.3 Å². The van der Waals surface area contributed by atoms with Gasteiger partial charge < -0.3 is 30.0 Å². The fourth-order valence-electron chi connectivity index (χ4n) is 0.896. The van der Waals surface area contributed by atoms with Gasteiger partial charge in [-0.2, -0.15) is 0 Å². The quantitative estimate of drug-likeness (QED) is 0.477. The monoisotopic (exact) mass is 559 g/mol. The van der Waals surface area contributed by atoms with Crippen LogP contribution in [0.2, 0.25) is 0 Å². The number of pyridine rings is 2. The minimum absolute atomic E-state index is 0. The number of hydrogen-bond donors (Lipinski definition) is 2. The van der Waals surface area contributed by atoms with Crippen molar-refractivity contribution in [3.63, 3.8) is 0 Å². The molecule has 2 atom stereocenters. The smallest absolute Gasteiger partial charge is 0.547 e. The van der Waals surface area contributed by atoms with Crippen LogP contribution in [0.5, 0.6) is 0 Å². The van der Waals surface area contributed by atoms with Crippen LogP contribution in [0.1, 0.15) is 25.2 Å². The van der Waals surface area contributed by atoms with Gasteiger partial charge in [0.05, 0.1) is 24.1 Å². The Morgan fingerprint density at radius 3 is 1.15 bits per heavy atom. The molecular formula is C18H24N2O6Pt. The molecule has 2 rings (SSSR count). The van der Waals surface area contributed by atoms with E-state index in [0.717, 1.165) is 25.2 Å². The van der Waals surface area contributed by atoms with E-state index in [1.165, 1.54) is 0 Å². The molecule has 152 valence electrons. The largest absolute Gasteiger partial charge is 2.00 e. The molecule has 0 amide bonds. The third-order valence-corrected chi connectivity index (χ3v) is 2.31. The van der Waals surface area contributed by atoms with E-state index in [4.69, 9.17) is 10.2 Å². The predicted molar refractivity (Wildman–Crippen MR) is 91.3 cm³/mol. The number of aliphatic carboxylic acids is 2. The van der Waals surface area contributed by atoms with Gasteiger partial charge in [-0.25, -0.2) is 0 Å². The van der Waals surface area contributed by atoms with Gasteiger partial charge in [0, 0.05) is 23.8 Å². The van der Waals surface area contributed by atoms with Crippen molar-refractivity contribution in [1.82, 2.24) is 9.97 Å². The molecule has 0 fully saturated rings. The summed E-state index contributed by atoms with van der Waals surface area (Å²) in [6, 6.07) is 11.7. The zero-order valence-corrected chi connectivity index (χ0v) is 17.8. The molecule has 2 aromatic rings. The molecule has 8 nitrogen and oxygen atoms in total. The van der Waals surface area contributed by atoms with Gasteiger partial charge in [0.1, 0.15) is 0 Å². The predicted octanol–water partition coefficient (Wildman–Crippen LogP) is -0.988. The van der Waals surface area contributed by atoms with E-state index < -0.39 is 24.1 Å². The van der Waals surface area contributed by atoms with Gasteiger partial charge in [-0.05, 0) is 52.0 Å². The number of carbonyl (C=O) groups excluding carboxylic acids is 2. The van der Waals surface area contributed by atoms with E-state index in [0.29, 0.717) is 0 Å². The van der Waals surface area contributed by atoms with E-state index in [1.807, 2.05) is 50.2 Å². The Balaban J connectivity index is -0.000000282. The molecule has 0 radical (unpaired) electrons. The van der Waals surface area contributed by atoms with Gasteiger partial charge in [0.2, 0.25) is 0 Å². The van der Waals surface area contributed by atoms with Crippen molar-refractivity contribution in [1.29, 1.82) is 0 Å². The minimum atomic E-state index is -1.44. The normalized spacial score (nSPS) is 10.6. The summed E-state index contributed by atoms with van der Waals surface area (Å²) in [5, 5.41) is 34.6. The molecule has 2 unspecified atom stereocenters. The van der Waals surface area contributed by atoms with Crippen LogP contribution >= 0.6 is 0 Å². The van der Waals surface area contributed by atoms with E-state index in [9.17, 15) is 19.8 Å².